The van der Waals surface area contributed by atoms with Crippen molar-refractivity contribution in [3.05, 3.63) is 206 Å². The zero-order chi connectivity index (χ0) is 40.0. The van der Waals surface area contributed by atoms with Crippen molar-refractivity contribution in [3.8, 4) is 45.1 Å². The molecule has 0 N–H and O–H groups in total. The van der Waals surface area contributed by atoms with Crippen molar-refractivity contribution in [2.24, 2.45) is 0 Å². The predicted octanol–water partition coefficient (Wildman–Crippen LogP) is 14.7. The number of rotatable bonds is 5. The Labute approximate surface area is 350 Å². The highest BCUT2D eigenvalue weighted by atomic mass is 16.3. The minimum Gasteiger partial charge on any atom is -0.456 e. The minimum atomic E-state index is 0.619. The molecule has 0 radical (unpaired) electrons. The molecule has 0 aliphatic heterocycles. The molecule has 9 aromatic carbocycles. The van der Waals surface area contributed by atoms with E-state index < -0.39 is 0 Å². The molecule has 4 aromatic heterocycles. The summed E-state index contributed by atoms with van der Waals surface area (Å²) in [5.74, 6) is 0.619. The highest BCUT2D eigenvalue weighted by Crippen LogP contribution is 2.45. The summed E-state index contributed by atoms with van der Waals surface area (Å²) in [6, 6.07) is 73.0. The molecule has 0 aliphatic carbocycles. The summed E-state index contributed by atoms with van der Waals surface area (Å²) in [7, 11) is 0. The number of nitrogens with zero attached hydrogens (tertiary/aromatic N) is 4. The van der Waals surface area contributed by atoms with Crippen molar-refractivity contribution < 1.29 is 4.42 Å². The van der Waals surface area contributed by atoms with Crippen LogP contribution in [0.2, 0.25) is 0 Å². The van der Waals surface area contributed by atoms with E-state index in [-0.39, 0.29) is 0 Å². The molecule has 13 rings (SSSR count). The van der Waals surface area contributed by atoms with Gasteiger partial charge >= 0.3 is 0 Å². The number of aromatic nitrogens is 4. The molecule has 0 atom stereocenters. The van der Waals surface area contributed by atoms with Gasteiger partial charge in [0.25, 0.3) is 0 Å². The molecule has 5 heteroatoms. The predicted molar refractivity (Wildman–Crippen MR) is 252 cm³/mol. The van der Waals surface area contributed by atoms with Crippen LogP contribution in [-0.2, 0) is 0 Å². The Kier molecular flexibility index (Phi) is 7.24. The second-order valence-corrected chi connectivity index (χ2v) is 15.7. The largest absolute Gasteiger partial charge is 0.456 e. The lowest BCUT2D eigenvalue weighted by Gasteiger charge is -2.15. The second-order valence-electron chi connectivity index (χ2n) is 15.7. The molecule has 0 spiro atoms. The van der Waals surface area contributed by atoms with Crippen LogP contribution in [0.15, 0.2) is 211 Å². The third kappa shape index (κ3) is 5.08. The fourth-order valence-electron chi connectivity index (χ4n) is 9.60. The van der Waals surface area contributed by atoms with E-state index in [0.717, 1.165) is 110 Å². The molecule has 0 saturated carbocycles. The fourth-order valence-corrected chi connectivity index (χ4v) is 9.60. The first-order valence-electron chi connectivity index (χ1n) is 20.7. The summed E-state index contributed by atoms with van der Waals surface area (Å²) in [5.41, 5.74) is 14.5. The Bertz CT molecular complexity index is 3860. The lowest BCUT2D eigenvalue weighted by Crippen LogP contribution is -2.05. The lowest BCUT2D eigenvalue weighted by atomic mass is 10.0. The summed E-state index contributed by atoms with van der Waals surface area (Å²) < 4.78 is 11.3. The van der Waals surface area contributed by atoms with E-state index in [0.29, 0.717) is 5.95 Å². The Morgan fingerprint density at radius 1 is 0.344 bits per heavy atom. The van der Waals surface area contributed by atoms with Gasteiger partial charge in [0.15, 0.2) is 0 Å². The molecule has 0 amide bonds. The summed E-state index contributed by atoms with van der Waals surface area (Å²) >= 11 is 0. The maximum Gasteiger partial charge on any atom is 0.235 e. The molecule has 0 unspecified atom stereocenters. The third-order valence-corrected chi connectivity index (χ3v) is 12.3. The molecular formula is C56H34N4O. The van der Waals surface area contributed by atoms with Crippen LogP contribution >= 0.6 is 0 Å². The molecular weight excluding hydrogens is 745 g/mol. The van der Waals surface area contributed by atoms with Gasteiger partial charge in [-0.1, -0.05) is 164 Å². The van der Waals surface area contributed by atoms with Gasteiger partial charge in [-0.3, -0.25) is 4.57 Å². The maximum absolute atomic E-state index is 6.56. The summed E-state index contributed by atoms with van der Waals surface area (Å²) in [4.78, 5) is 10.9. The topological polar surface area (TPSA) is 48.8 Å². The van der Waals surface area contributed by atoms with Crippen LogP contribution in [0.5, 0.6) is 0 Å². The van der Waals surface area contributed by atoms with Crippen LogP contribution in [0.25, 0.3) is 122 Å². The van der Waals surface area contributed by atoms with Crippen LogP contribution < -0.4 is 0 Å². The Morgan fingerprint density at radius 2 is 0.918 bits per heavy atom. The van der Waals surface area contributed by atoms with Crippen molar-refractivity contribution >= 4 is 76.5 Å². The van der Waals surface area contributed by atoms with Crippen molar-refractivity contribution in [1.29, 1.82) is 0 Å². The Morgan fingerprint density at radius 3 is 1.72 bits per heavy atom. The Balaban J connectivity index is 1.17. The van der Waals surface area contributed by atoms with Gasteiger partial charge in [-0.2, -0.15) is 0 Å². The van der Waals surface area contributed by atoms with Gasteiger partial charge in [0.1, 0.15) is 11.2 Å². The number of hydrogen-bond donors (Lipinski definition) is 0. The van der Waals surface area contributed by atoms with Gasteiger partial charge in [0.05, 0.1) is 38.7 Å². The van der Waals surface area contributed by atoms with Crippen LogP contribution in [-0.4, -0.2) is 19.1 Å². The van der Waals surface area contributed by atoms with Crippen LogP contribution in [0.1, 0.15) is 0 Å². The molecule has 0 bridgehead atoms. The SMILES string of the molecule is c1ccc(-c2ccc(-c3nc(-n4c5ccccc5c5ccc6c7ccc8oc9ccccc9c8c7n(-c7cccc(-c8ccccc8)c7)c6c54)nc4ccccc34)cc2)cc1. The number of para-hydroxylation sites is 3. The number of benzene rings is 9. The zero-order valence-corrected chi connectivity index (χ0v) is 32.8. The van der Waals surface area contributed by atoms with E-state index >= 15 is 0 Å². The molecule has 61 heavy (non-hydrogen) atoms. The quantitative estimate of drug-likeness (QED) is 0.175. The molecule has 284 valence electrons. The molecule has 4 heterocycles. The number of fused-ring (bicyclic) bond motifs is 12. The van der Waals surface area contributed by atoms with E-state index in [1.165, 1.54) is 5.56 Å². The molecule has 0 fully saturated rings. The highest BCUT2D eigenvalue weighted by molar-refractivity contribution is 6.29. The molecule has 13 aromatic rings. The minimum absolute atomic E-state index is 0.619. The monoisotopic (exact) mass is 778 g/mol. The molecule has 0 saturated heterocycles. The van der Waals surface area contributed by atoms with Gasteiger partial charge in [0, 0.05) is 43.6 Å². The Hall–Kier alpha value is -8.28. The van der Waals surface area contributed by atoms with Gasteiger partial charge < -0.3 is 8.98 Å². The van der Waals surface area contributed by atoms with Crippen molar-refractivity contribution in [1.82, 2.24) is 19.1 Å². The smallest absolute Gasteiger partial charge is 0.235 e. The number of hydrogen-bond acceptors (Lipinski definition) is 3. The number of furan rings is 1. The van der Waals surface area contributed by atoms with E-state index in [2.05, 4.69) is 209 Å². The van der Waals surface area contributed by atoms with Crippen LogP contribution in [0.4, 0.5) is 0 Å². The van der Waals surface area contributed by atoms with Gasteiger partial charge in [0.2, 0.25) is 5.95 Å². The van der Waals surface area contributed by atoms with Crippen molar-refractivity contribution in [3.63, 3.8) is 0 Å². The molecule has 0 aliphatic rings. The third-order valence-electron chi connectivity index (χ3n) is 12.3. The first-order chi connectivity index (χ1) is 30.3. The van der Waals surface area contributed by atoms with Crippen LogP contribution in [0.3, 0.4) is 0 Å². The maximum atomic E-state index is 6.56. The highest BCUT2D eigenvalue weighted by Gasteiger charge is 2.25. The summed E-state index contributed by atoms with van der Waals surface area (Å²) in [5, 5.41) is 7.74. The summed E-state index contributed by atoms with van der Waals surface area (Å²) in [6.07, 6.45) is 0. The van der Waals surface area contributed by atoms with Gasteiger partial charge in [-0.15, -0.1) is 0 Å². The normalized spacial score (nSPS) is 11.9. The van der Waals surface area contributed by atoms with E-state index in [1.54, 1.807) is 0 Å². The van der Waals surface area contributed by atoms with E-state index in [9.17, 15) is 0 Å². The fraction of sp³-hybridized carbons (Fsp3) is 0. The van der Waals surface area contributed by atoms with Gasteiger partial charge in [-0.05, 0) is 64.7 Å². The van der Waals surface area contributed by atoms with Crippen molar-refractivity contribution in [2.45, 2.75) is 0 Å². The first-order valence-corrected chi connectivity index (χ1v) is 20.7. The standard InChI is InChI=1S/C56H34N4O/c1-3-14-35(15-4-1)37-26-28-38(29-27-37)52-45-21-7-10-23-47(45)57-56(58-52)60-48-24-11-8-20-41(48)42-30-31-44-43-32-33-50-51(46-22-9-12-25-49(46)61-50)53(43)59(54(44)55(42)60)40-19-13-18-39(34-40)36-16-5-2-6-17-36/h1-34H. The molecule has 5 nitrogen and oxygen atoms in total. The van der Waals surface area contributed by atoms with Gasteiger partial charge in [-0.25, -0.2) is 9.97 Å². The average molecular weight is 779 g/mol. The second kappa shape index (κ2) is 13.1. The van der Waals surface area contributed by atoms with Crippen molar-refractivity contribution in [2.75, 3.05) is 0 Å². The van der Waals surface area contributed by atoms with E-state index in [1.807, 2.05) is 6.07 Å². The van der Waals surface area contributed by atoms with E-state index in [4.69, 9.17) is 14.4 Å². The lowest BCUT2D eigenvalue weighted by molar-refractivity contribution is 0.669. The van der Waals surface area contributed by atoms with Crippen LogP contribution in [0, 0.1) is 0 Å². The summed E-state index contributed by atoms with van der Waals surface area (Å²) in [6.45, 7) is 0. The zero-order valence-electron chi connectivity index (χ0n) is 32.8. The average Bonchev–Trinajstić information content (AvgIpc) is 4.00. The first kappa shape index (κ1) is 33.7.